The maximum absolute atomic E-state index is 4.42. The predicted molar refractivity (Wildman–Crippen MR) is 171 cm³/mol. The summed E-state index contributed by atoms with van der Waals surface area (Å²) in [5.74, 6) is 3.56. The van der Waals surface area contributed by atoms with Gasteiger partial charge in [-0.3, -0.25) is 9.97 Å². The third kappa shape index (κ3) is 8.80. The number of anilines is 1. The minimum Gasteiger partial charge on any atom is -0.371 e. The summed E-state index contributed by atoms with van der Waals surface area (Å²) < 4.78 is 7.79. The molecule has 0 saturated heterocycles. The van der Waals surface area contributed by atoms with E-state index in [-0.39, 0.29) is 19.8 Å². The molecule has 0 spiro atoms. The van der Waals surface area contributed by atoms with Crippen LogP contribution < -0.4 is 4.90 Å². The summed E-state index contributed by atoms with van der Waals surface area (Å²) >= 11 is 0. The first-order valence-corrected chi connectivity index (χ1v) is 14.4. The normalized spacial score (nSPS) is 10.2. The van der Waals surface area contributed by atoms with Crippen LogP contribution in [-0.4, -0.2) is 61.3 Å². The van der Waals surface area contributed by atoms with Crippen molar-refractivity contribution in [1.29, 1.82) is 0 Å². The minimum atomic E-state index is 0. The van der Waals surface area contributed by atoms with Gasteiger partial charge in [-0.15, -0.1) is 0 Å². The van der Waals surface area contributed by atoms with Crippen LogP contribution in [0, 0.1) is 0 Å². The Morgan fingerprint density at radius 2 is 0.955 bits per heavy atom. The Kier molecular flexibility index (Phi) is 13.2. The standard InChI is InChI=1S/C16H21N3.2C8H10N4.Os/c1-3-11-19(12-4-2)14-8-10-18-16(13-14)15-7-5-6-9-17-15;2*1-11-5-3-9-7(11)8-10-4-6-12(8)2;/h5-10,13H,3-4,11-12H2,1-2H3;2*3-6H,1-2H3;. The molecule has 0 saturated carbocycles. The third-order valence-corrected chi connectivity index (χ3v) is 6.71. The monoisotopic (exact) mass is 771 g/mol. The number of aromatic nitrogens is 10. The molecule has 6 heterocycles. The van der Waals surface area contributed by atoms with Crippen molar-refractivity contribution < 1.29 is 19.8 Å². The van der Waals surface area contributed by atoms with Gasteiger partial charge in [0.1, 0.15) is 0 Å². The zero-order valence-corrected chi connectivity index (χ0v) is 28.8. The van der Waals surface area contributed by atoms with E-state index >= 15 is 0 Å². The van der Waals surface area contributed by atoms with Crippen molar-refractivity contribution in [3.8, 4) is 34.7 Å². The molecular weight excluding hydrogens is 729 g/mol. The van der Waals surface area contributed by atoms with Crippen molar-refractivity contribution >= 4 is 5.69 Å². The summed E-state index contributed by atoms with van der Waals surface area (Å²) in [5.41, 5.74) is 3.10. The molecule has 6 aromatic rings. The van der Waals surface area contributed by atoms with Gasteiger partial charge in [-0.2, -0.15) is 0 Å². The van der Waals surface area contributed by atoms with Crippen LogP contribution in [0.1, 0.15) is 26.7 Å². The summed E-state index contributed by atoms with van der Waals surface area (Å²) in [7, 11) is 7.82. The van der Waals surface area contributed by atoms with Crippen LogP contribution in [0.4, 0.5) is 5.69 Å². The summed E-state index contributed by atoms with van der Waals surface area (Å²) in [6.45, 7) is 6.59. The van der Waals surface area contributed by atoms with Crippen molar-refractivity contribution in [3.05, 3.63) is 92.3 Å². The van der Waals surface area contributed by atoms with E-state index in [1.165, 1.54) is 5.69 Å². The minimum absolute atomic E-state index is 0. The molecule has 0 amide bonds. The van der Waals surface area contributed by atoms with Gasteiger partial charge in [0.25, 0.3) is 0 Å². The zero-order valence-electron chi connectivity index (χ0n) is 26.3. The van der Waals surface area contributed by atoms with Crippen molar-refractivity contribution in [1.82, 2.24) is 48.2 Å². The average molecular weight is 770 g/mol. The van der Waals surface area contributed by atoms with Crippen molar-refractivity contribution in [2.75, 3.05) is 18.0 Å². The van der Waals surface area contributed by atoms with Crippen LogP contribution in [0.15, 0.2) is 92.3 Å². The second kappa shape index (κ2) is 17.0. The Morgan fingerprint density at radius 1 is 0.523 bits per heavy atom. The van der Waals surface area contributed by atoms with E-state index in [1.807, 2.05) is 95.6 Å². The molecule has 232 valence electrons. The van der Waals surface area contributed by atoms with E-state index in [2.05, 4.69) is 60.8 Å². The Labute approximate surface area is 272 Å². The second-order valence-corrected chi connectivity index (χ2v) is 10.0. The molecule has 0 radical (unpaired) electrons. The molecule has 0 unspecified atom stereocenters. The Balaban J connectivity index is 0.000000185. The smallest absolute Gasteiger partial charge is 0.176 e. The third-order valence-electron chi connectivity index (χ3n) is 6.71. The maximum Gasteiger partial charge on any atom is 0.176 e. The summed E-state index contributed by atoms with van der Waals surface area (Å²) in [6, 6.07) is 10.1. The Hall–Kier alpha value is -4.42. The molecule has 12 heteroatoms. The van der Waals surface area contributed by atoms with Gasteiger partial charge in [0.05, 0.1) is 11.4 Å². The molecule has 0 fully saturated rings. The van der Waals surface area contributed by atoms with E-state index < -0.39 is 0 Å². The van der Waals surface area contributed by atoms with Crippen molar-refractivity contribution in [2.24, 2.45) is 28.2 Å². The van der Waals surface area contributed by atoms with Crippen LogP contribution in [0.25, 0.3) is 34.7 Å². The molecule has 0 aliphatic carbocycles. The molecule has 0 aromatic carbocycles. The summed E-state index contributed by atoms with van der Waals surface area (Å²) in [6.07, 6.45) is 20.7. The van der Waals surface area contributed by atoms with Gasteiger partial charge in [0.2, 0.25) is 0 Å². The van der Waals surface area contributed by atoms with E-state index in [1.54, 1.807) is 31.0 Å². The van der Waals surface area contributed by atoms with Gasteiger partial charge in [-0.1, -0.05) is 19.9 Å². The van der Waals surface area contributed by atoms with Crippen molar-refractivity contribution in [2.45, 2.75) is 26.7 Å². The zero-order chi connectivity index (χ0) is 30.6. The van der Waals surface area contributed by atoms with Gasteiger partial charge in [0, 0.05) is 129 Å². The molecule has 0 aliphatic rings. The first-order chi connectivity index (χ1) is 20.9. The van der Waals surface area contributed by atoms with E-state index in [0.29, 0.717) is 0 Å². The fourth-order valence-electron chi connectivity index (χ4n) is 4.50. The summed E-state index contributed by atoms with van der Waals surface area (Å²) in [5, 5.41) is 0. The van der Waals surface area contributed by atoms with Crippen LogP contribution >= 0.6 is 0 Å². The van der Waals surface area contributed by atoms with Crippen LogP contribution in [-0.2, 0) is 48.0 Å². The fourth-order valence-corrected chi connectivity index (χ4v) is 4.50. The number of hydrogen-bond acceptors (Lipinski definition) is 7. The molecule has 0 bridgehead atoms. The Morgan fingerprint density at radius 3 is 1.30 bits per heavy atom. The van der Waals surface area contributed by atoms with Gasteiger partial charge in [-0.05, 0) is 37.1 Å². The molecule has 11 nitrogen and oxygen atoms in total. The maximum atomic E-state index is 4.42. The van der Waals surface area contributed by atoms with E-state index in [4.69, 9.17) is 0 Å². The number of pyridine rings is 2. The van der Waals surface area contributed by atoms with E-state index in [0.717, 1.165) is 60.6 Å². The van der Waals surface area contributed by atoms with Crippen LogP contribution in [0.2, 0.25) is 0 Å². The molecule has 0 atom stereocenters. The molecule has 44 heavy (non-hydrogen) atoms. The molecule has 6 aromatic heterocycles. The topological polar surface area (TPSA) is 100 Å². The fraction of sp³-hybridized carbons (Fsp3) is 0.312. The number of rotatable bonds is 8. The number of nitrogens with zero attached hydrogens (tertiary/aromatic N) is 11. The molecule has 0 N–H and O–H groups in total. The molecular formula is C32H41N11Os. The van der Waals surface area contributed by atoms with Crippen molar-refractivity contribution in [3.63, 3.8) is 0 Å². The van der Waals surface area contributed by atoms with Gasteiger partial charge in [0.15, 0.2) is 23.3 Å². The predicted octanol–water partition coefficient (Wildman–Crippen LogP) is 5.41. The number of hydrogen-bond donors (Lipinski definition) is 0. The van der Waals surface area contributed by atoms with Gasteiger partial charge < -0.3 is 23.2 Å². The van der Waals surface area contributed by atoms with Crippen LogP contribution in [0.3, 0.4) is 0 Å². The quantitative estimate of drug-likeness (QED) is 0.204. The number of imidazole rings is 4. The van der Waals surface area contributed by atoms with Gasteiger partial charge >= 0.3 is 0 Å². The second-order valence-electron chi connectivity index (χ2n) is 10.0. The molecule has 0 aliphatic heterocycles. The van der Waals surface area contributed by atoms with E-state index in [9.17, 15) is 0 Å². The first-order valence-electron chi connectivity index (χ1n) is 14.4. The number of aryl methyl sites for hydroxylation is 4. The molecule has 6 rings (SSSR count). The summed E-state index contributed by atoms with van der Waals surface area (Å²) in [4.78, 5) is 28.0. The Bertz CT molecular complexity index is 1510. The van der Waals surface area contributed by atoms with Gasteiger partial charge in [-0.25, -0.2) is 19.9 Å². The average Bonchev–Trinajstić information content (AvgIpc) is 3.84. The first kappa shape index (κ1) is 34.1. The van der Waals surface area contributed by atoms with Crippen LogP contribution in [0.5, 0.6) is 0 Å². The largest absolute Gasteiger partial charge is 0.371 e. The SMILES string of the molecule is CCCN(CCC)c1ccnc(-c2ccccn2)c1.Cn1ccnc1-c1nccn1C.Cn1ccnc1-c1nccn1C.[Os].